The molecule has 2 N–H and O–H groups in total. The molecule has 0 aliphatic carbocycles. The Kier molecular flexibility index (Phi) is 4.60. The SMILES string of the molecule is CC(NC(=O)NCc1ccn(C)c1)c1ccc(-n2ccnn2)cc1. The maximum Gasteiger partial charge on any atom is 0.315 e. The monoisotopic (exact) mass is 324 g/mol. The molecular formula is C17H20N6O. The highest BCUT2D eigenvalue weighted by molar-refractivity contribution is 5.74. The molecule has 0 saturated carbocycles. The van der Waals surface area contributed by atoms with E-state index in [0.717, 1.165) is 16.8 Å². The number of carbonyl (C=O) groups excluding carboxylic acids is 1. The van der Waals surface area contributed by atoms with Crippen LogP contribution in [-0.2, 0) is 13.6 Å². The molecule has 0 spiro atoms. The normalized spacial score (nSPS) is 11.9. The smallest absolute Gasteiger partial charge is 0.315 e. The number of urea groups is 1. The lowest BCUT2D eigenvalue weighted by molar-refractivity contribution is 0.237. The molecule has 24 heavy (non-hydrogen) atoms. The van der Waals surface area contributed by atoms with Gasteiger partial charge in [-0.2, -0.15) is 0 Å². The fourth-order valence-corrected chi connectivity index (χ4v) is 2.44. The number of rotatable bonds is 5. The van der Waals surface area contributed by atoms with Crippen molar-refractivity contribution in [3.05, 3.63) is 66.2 Å². The third-order valence-corrected chi connectivity index (χ3v) is 3.77. The number of aryl methyl sites for hydroxylation is 1. The number of nitrogens with zero attached hydrogens (tertiary/aromatic N) is 4. The van der Waals surface area contributed by atoms with Gasteiger partial charge in [-0.05, 0) is 36.2 Å². The lowest BCUT2D eigenvalue weighted by Crippen LogP contribution is -2.36. The van der Waals surface area contributed by atoms with Crippen molar-refractivity contribution >= 4 is 6.03 Å². The minimum absolute atomic E-state index is 0.0921. The molecule has 0 aliphatic heterocycles. The molecule has 0 radical (unpaired) electrons. The molecule has 1 unspecified atom stereocenters. The van der Waals surface area contributed by atoms with Gasteiger partial charge in [0.2, 0.25) is 0 Å². The van der Waals surface area contributed by atoms with Crippen LogP contribution < -0.4 is 10.6 Å². The van der Waals surface area contributed by atoms with Crippen LogP contribution in [0.3, 0.4) is 0 Å². The molecule has 124 valence electrons. The van der Waals surface area contributed by atoms with Gasteiger partial charge in [0.05, 0.1) is 24.1 Å². The molecule has 2 aromatic heterocycles. The molecule has 0 aliphatic rings. The van der Waals surface area contributed by atoms with Crippen LogP contribution in [0.4, 0.5) is 4.79 Å². The van der Waals surface area contributed by atoms with Crippen LogP contribution in [0.25, 0.3) is 5.69 Å². The van der Waals surface area contributed by atoms with Crippen LogP contribution in [-0.4, -0.2) is 25.6 Å². The van der Waals surface area contributed by atoms with Gasteiger partial charge in [0.25, 0.3) is 0 Å². The van der Waals surface area contributed by atoms with Gasteiger partial charge < -0.3 is 15.2 Å². The van der Waals surface area contributed by atoms with Gasteiger partial charge in [-0.25, -0.2) is 9.48 Å². The number of nitrogens with one attached hydrogen (secondary N) is 2. The first-order valence-electron chi connectivity index (χ1n) is 7.73. The summed E-state index contributed by atoms with van der Waals surface area (Å²) in [6, 6.07) is 9.54. The number of aromatic nitrogens is 4. The van der Waals surface area contributed by atoms with E-state index in [1.165, 1.54) is 0 Å². The zero-order chi connectivity index (χ0) is 16.9. The molecule has 7 heteroatoms. The lowest BCUT2D eigenvalue weighted by atomic mass is 10.1. The van der Waals surface area contributed by atoms with Crippen molar-refractivity contribution < 1.29 is 4.79 Å². The second-order valence-electron chi connectivity index (χ2n) is 5.67. The van der Waals surface area contributed by atoms with Gasteiger partial charge >= 0.3 is 6.03 Å². The maximum absolute atomic E-state index is 12.0. The van der Waals surface area contributed by atoms with E-state index in [4.69, 9.17) is 0 Å². The number of carbonyl (C=O) groups is 1. The molecule has 3 rings (SSSR count). The third kappa shape index (κ3) is 3.81. The van der Waals surface area contributed by atoms with Crippen molar-refractivity contribution in [1.82, 2.24) is 30.2 Å². The van der Waals surface area contributed by atoms with Crippen molar-refractivity contribution in [1.29, 1.82) is 0 Å². The molecule has 3 aromatic rings. The quantitative estimate of drug-likeness (QED) is 0.755. The first-order chi connectivity index (χ1) is 11.6. The van der Waals surface area contributed by atoms with Crippen LogP contribution in [0.5, 0.6) is 0 Å². The Morgan fingerprint density at radius 3 is 2.62 bits per heavy atom. The zero-order valence-corrected chi connectivity index (χ0v) is 13.7. The third-order valence-electron chi connectivity index (χ3n) is 3.77. The van der Waals surface area contributed by atoms with Crippen molar-refractivity contribution in [2.75, 3.05) is 0 Å². The van der Waals surface area contributed by atoms with E-state index >= 15 is 0 Å². The Bertz CT molecular complexity index is 791. The van der Waals surface area contributed by atoms with E-state index in [2.05, 4.69) is 20.9 Å². The van der Waals surface area contributed by atoms with Crippen molar-refractivity contribution in [2.24, 2.45) is 7.05 Å². The van der Waals surface area contributed by atoms with Gasteiger partial charge in [0.15, 0.2) is 0 Å². The van der Waals surface area contributed by atoms with E-state index in [0.29, 0.717) is 6.54 Å². The summed E-state index contributed by atoms with van der Waals surface area (Å²) in [7, 11) is 1.95. The topological polar surface area (TPSA) is 76.8 Å². The minimum Gasteiger partial charge on any atom is -0.357 e. The van der Waals surface area contributed by atoms with Gasteiger partial charge in [0.1, 0.15) is 0 Å². The number of benzene rings is 1. The minimum atomic E-state index is -0.188. The number of hydrogen-bond donors (Lipinski definition) is 2. The van der Waals surface area contributed by atoms with E-state index in [9.17, 15) is 4.79 Å². The largest absolute Gasteiger partial charge is 0.357 e. The molecule has 1 atom stereocenters. The summed E-state index contributed by atoms with van der Waals surface area (Å²) in [6.07, 6.45) is 7.35. The van der Waals surface area contributed by atoms with Gasteiger partial charge in [-0.15, -0.1) is 5.10 Å². The summed E-state index contributed by atoms with van der Waals surface area (Å²) in [5.74, 6) is 0. The fourth-order valence-electron chi connectivity index (χ4n) is 2.44. The highest BCUT2D eigenvalue weighted by Gasteiger charge is 2.09. The Hall–Kier alpha value is -3.09. The highest BCUT2D eigenvalue weighted by Crippen LogP contribution is 2.15. The molecular weight excluding hydrogens is 304 g/mol. The molecule has 0 bridgehead atoms. The molecule has 1 aromatic carbocycles. The van der Waals surface area contributed by atoms with E-state index < -0.39 is 0 Å². The summed E-state index contributed by atoms with van der Waals surface area (Å²) in [6.45, 7) is 2.46. The van der Waals surface area contributed by atoms with Crippen molar-refractivity contribution in [2.45, 2.75) is 19.5 Å². The Morgan fingerprint density at radius 2 is 2.00 bits per heavy atom. The first-order valence-corrected chi connectivity index (χ1v) is 7.73. The Balaban J connectivity index is 1.54. The summed E-state index contributed by atoms with van der Waals surface area (Å²) in [4.78, 5) is 12.0. The van der Waals surface area contributed by atoms with Crippen molar-refractivity contribution in [3.8, 4) is 5.69 Å². The summed E-state index contributed by atoms with van der Waals surface area (Å²) < 4.78 is 3.64. The van der Waals surface area contributed by atoms with Crippen molar-refractivity contribution in [3.63, 3.8) is 0 Å². The number of amides is 2. The van der Waals surface area contributed by atoms with Crippen LogP contribution in [0.1, 0.15) is 24.1 Å². The summed E-state index contributed by atoms with van der Waals surface area (Å²) in [5, 5.41) is 13.5. The predicted octanol–water partition coefficient (Wildman–Crippen LogP) is 2.17. The van der Waals surface area contributed by atoms with Gasteiger partial charge in [-0.3, -0.25) is 0 Å². The zero-order valence-electron chi connectivity index (χ0n) is 13.7. The average Bonchev–Trinajstić information content (AvgIpc) is 3.25. The van der Waals surface area contributed by atoms with E-state index in [1.54, 1.807) is 17.1 Å². The Morgan fingerprint density at radius 1 is 1.21 bits per heavy atom. The molecule has 0 fully saturated rings. The summed E-state index contributed by atoms with van der Waals surface area (Å²) >= 11 is 0. The van der Waals surface area contributed by atoms with E-state index in [-0.39, 0.29) is 12.1 Å². The second-order valence-corrected chi connectivity index (χ2v) is 5.67. The second kappa shape index (κ2) is 6.99. The van der Waals surface area contributed by atoms with Crippen LogP contribution >= 0.6 is 0 Å². The summed E-state index contributed by atoms with van der Waals surface area (Å²) in [5.41, 5.74) is 3.02. The van der Waals surface area contributed by atoms with Crippen LogP contribution in [0.15, 0.2) is 55.1 Å². The van der Waals surface area contributed by atoms with Gasteiger partial charge in [0, 0.05) is 26.0 Å². The molecule has 0 saturated heterocycles. The standard InChI is InChI=1S/C17H20N6O/c1-13(20-17(24)18-11-14-7-9-22(2)12-14)15-3-5-16(6-4-15)23-10-8-19-21-23/h3-10,12-13H,11H2,1-2H3,(H2,18,20,24). The molecule has 2 amide bonds. The van der Waals surface area contributed by atoms with Crippen LogP contribution in [0.2, 0.25) is 0 Å². The predicted molar refractivity (Wildman–Crippen MR) is 90.6 cm³/mol. The number of hydrogen-bond acceptors (Lipinski definition) is 3. The molecule has 7 nitrogen and oxygen atoms in total. The van der Waals surface area contributed by atoms with Crippen LogP contribution in [0, 0.1) is 0 Å². The Labute approximate surface area is 140 Å². The maximum atomic E-state index is 12.0. The first kappa shape index (κ1) is 15.8. The fraction of sp³-hybridized carbons (Fsp3) is 0.235. The average molecular weight is 324 g/mol. The lowest BCUT2D eigenvalue weighted by Gasteiger charge is -2.15. The highest BCUT2D eigenvalue weighted by atomic mass is 16.2. The van der Waals surface area contributed by atoms with Gasteiger partial charge in [-0.1, -0.05) is 17.3 Å². The molecule has 2 heterocycles. The van der Waals surface area contributed by atoms with E-state index in [1.807, 2.05) is 61.3 Å².